The summed E-state index contributed by atoms with van der Waals surface area (Å²) in [4.78, 5) is 4.72. The van der Waals surface area contributed by atoms with Gasteiger partial charge in [0, 0.05) is 12.5 Å². The van der Waals surface area contributed by atoms with Gasteiger partial charge in [-0.25, -0.2) is 4.98 Å². The largest absolute Gasteiger partial charge is 0.316 e. The summed E-state index contributed by atoms with van der Waals surface area (Å²) in [6.07, 6.45) is 7.09. The molecule has 4 nitrogen and oxygen atoms in total. The standard InChI is InChI=1S/C12H18N4/c1-2-6-11-10(5-1)14-12(16-15-11)9-4-3-7-13-8-9/h9,13H,1-8H2. The first-order valence-electron chi connectivity index (χ1n) is 6.36. The van der Waals surface area contributed by atoms with E-state index in [-0.39, 0.29) is 0 Å². The highest BCUT2D eigenvalue weighted by Gasteiger charge is 2.21. The van der Waals surface area contributed by atoms with Gasteiger partial charge in [-0.1, -0.05) is 0 Å². The molecule has 1 N–H and O–H groups in total. The highest BCUT2D eigenvalue weighted by molar-refractivity contribution is 5.15. The summed E-state index contributed by atoms with van der Waals surface area (Å²) in [6.45, 7) is 2.15. The van der Waals surface area contributed by atoms with E-state index in [1.165, 1.54) is 31.4 Å². The van der Waals surface area contributed by atoms with Gasteiger partial charge in [0.05, 0.1) is 11.4 Å². The van der Waals surface area contributed by atoms with Crippen LogP contribution in [0.1, 0.15) is 48.8 Å². The first-order valence-corrected chi connectivity index (χ1v) is 6.36. The van der Waals surface area contributed by atoms with E-state index in [4.69, 9.17) is 4.98 Å². The number of hydrogen-bond donors (Lipinski definition) is 1. The highest BCUT2D eigenvalue weighted by atomic mass is 15.2. The summed E-state index contributed by atoms with van der Waals surface area (Å²) in [6, 6.07) is 0. The van der Waals surface area contributed by atoms with E-state index >= 15 is 0 Å². The molecule has 2 aliphatic rings. The first-order chi connectivity index (χ1) is 7.93. The predicted octanol–water partition coefficient (Wildman–Crippen LogP) is 1.22. The molecule has 0 aromatic carbocycles. The fourth-order valence-corrected chi connectivity index (χ4v) is 2.62. The third-order valence-corrected chi connectivity index (χ3v) is 3.59. The minimum absolute atomic E-state index is 0.480. The number of rotatable bonds is 1. The second-order valence-corrected chi connectivity index (χ2v) is 4.81. The molecule has 2 heterocycles. The maximum atomic E-state index is 4.72. The van der Waals surface area contributed by atoms with E-state index in [2.05, 4.69) is 15.5 Å². The van der Waals surface area contributed by atoms with E-state index < -0.39 is 0 Å². The van der Waals surface area contributed by atoms with Crippen LogP contribution in [0.15, 0.2) is 0 Å². The molecule has 1 aliphatic heterocycles. The minimum Gasteiger partial charge on any atom is -0.316 e. The second kappa shape index (κ2) is 4.45. The fourth-order valence-electron chi connectivity index (χ4n) is 2.62. The number of aromatic nitrogens is 3. The normalized spacial score (nSPS) is 25.1. The van der Waals surface area contributed by atoms with Gasteiger partial charge in [0.1, 0.15) is 0 Å². The van der Waals surface area contributed by atoms with E-state index in [9.17, 15) is 0 Å². The number of nitrogens with one attached hydrogen (secondary N) is 1. The van der Waals surface area contributed by atoms with Gasteiger partial charge in [-0.3, -0.25) is 0 Å². The van der Waals surface area contributed by atoms with Crippen molar-refractivity contribution in [2.45, 2.75) is 44.4 Å². The van der Waals surface area contributed by atoms with E-state index in [0.29, 0.717) is 5.92 Å². The monoisotopic (exact) mass is 218 g/mol. The van der Waals surface area contributed by atoms with Crippen molar-refractivity contribution in [3.05, 3.63) is 17.2 Å². The van der Waals surface area contributed by atoms with E-state index in [0.717, 1.165) is 37.4 Å². The molecule has 0 saturated carbocycles. The Bertz CT molecular complexity index is 371. The zero-order valence-electron chi connectivity index (χ0n) is 9.58. The van der Waals surface area contributed by atoms with Gasteiger partial charge in [-0.2, -0.15) is 5.10 Å². The van der Waals surface area contributed by atoms with E-state index in [1.54, 1.807) is 0 Å². The average Bonchev–Trinajstić information content (AvgIpc) is 2.39. The van der Waals surface area contributed by atoms with Crippen LogP contribution in [-0.4, -0.2) is 28.3 Å². The van der Waals surface area contributed by atoms with Gasteiger partial charge in [0.15, 0.2) is 5.82 Å². The van der Waals surface area contributed by atoms with Gasteiger partial charge < -0.3 is 5.32 Å². The van der Waals surface area contributed by atoms with Crippen LogP contribution in [0.3, 0.4) is 0 Å². The lowest BCUT2D eigenvalue weighted by atomic mass is 9.97. The van der Waals surface area contributed by atoms with Crippen LogP contribution in [0.5, 0.6) is 0 Å². The van der Waals surface area contributed by atoms with E-state index in [1.807, 2.05) is 0 Å². The molecule has 1 saturated heterocycles. The van der Waals surface area contributed by atoms with Crippen LogP contribution in [-0.2, 0) is 12.8 Å². The number of piperidine rings is 1. The summed E-state index contributed by atoms with van der Waals surface area (Å²) >= 11 is 0. The van der Waals surface area contributed by atoms with Crippen LogP contribution in [0.25, 0.3) is 0 Å². The molecule has 16 heavy (non-hydrogen) atoms. The predicted molar refractivity (Wildman–Crippen MR) is 61.3 cm³/mol. The van der Waals surface area contributed by atoms with Crippen LogP contribution in [0, 0.1) is 0 Å². The maximum Gasteiger partial charge on any atom is 0.155 e. The topological polar surface area (TPSA) is 50.7 Å². The van der Waals surface area contributed by atoms with Gasteiger partial charge in [0.2, 0.25) is 0 Å². The average molecular weight is 218 g/mol. The Morgan fingerprint density at radius 1 is 1.00 bits per heavy atom. The van der Waals surface area contributed by atoms with Gasteiger partial charge in [-0.15, -0.1) is 5.10 Å². The molecule has 0 radical (unpaired) electrons. The van der Waals surface area contributed by atoms with Gasteiger partial charge in [0.25, 0.3) is 0 Å². The van der Waals surface area contributed by atoms with Crippen molar-refractivity contribution < 1.29 is 0 Å². The van der Waals surface area contributed by atoms with Crippen molar-refractivity contribution in [3.63, 3.8) is 0 Å². The molecule has 1 aliphatic carbocycles. The lowest BCUT2D eigenvalue weighted by Gasteiger charge is -2.22. The summed E-state index contributed by atoms with van der Waals surface area (Å²) < 4.78 is 0. The minimum atomic E-state index is 0.480. The Hall–Kier alpha value is -1.03. The van der Waals surface area contributed by atoms with Crippen molar-refractivity contribution in [2.75, 3.05) is 13.1 Å². The Morgan fingerprint density at radius 3 is 2.69 bits per heavy atom. The Balaban J connectivity index is 1.84. The summed E-state index contributed by atoms with van der Waals surface area (Å²) in [5, 5.41) is 12.1. The van der Waals surface area contributed by atoms with Gasteiger partial charge in [-0.05, 0) is 45.1 Å². The number of hydrogen-bond acceptors (Lipinski definition) is 4. The summed E-state index contributed by atoms with van der Waals surface area (Å²) in [5.41, 5.74) is 2.35. The third kappa shape index (κ3) is 1.94. The SMILES string of the molecule is C1CCc2nc(C3CCCNC3)nnc2C1. The summed E-state index contributed by atoms with van der Waals surface area (Å²) in [5.74, 6) is 1.45. The lowest BCUT2D eigenvalue weighted by Crippen LogP contribution is -2.30. The highest BCUT2D eigenvalue weighted by Crippen LogP contribution is 2.22. The number of fused-ring (bicyclic) bond motifs is 1. The Labute approximate surface area is 95.9 Å². The molecular weight excluding hydrogens is 200 g/mol. The fraction of sp³-hybridized carbons (Fsp3) is 0.750. The molecule has 0 amide bonds. The van der Waals surface area contributed by atoms with Crippen LogP contribution < -0.4 is 5.32 Å². The number of nitrogens with zero attached hydrogens (tertiary/aromatic N) is 3. The lowest BCUT2D eigenvalue weighted by molar-refractivity contribution is 0.438. The molecule has 4 heteroatoms. The molecule has 1 aromatic rings. The molecule has 1 unspecified atom stereocenters. The molecule has 0 spiro atoms. The third-order valence-electron chi connectivity index (χ3n) is 3.59. The molecule has 1 fully saturated rings. The zero-order chi connectivity index (χ0) is 10.8. The van der Waals surface area contributed by atoms with Crippen molar-refractivity contribution >= 4 is 0 Å². The zero-order valence-corrected chi connectivity index (χ0v) is 9.58. The molecule has 1 atom stereocenters. The van der Waals surface area contributed by atoms with Crippen LogP contribution in [0.4, 0.5) is 0 Å². The van der Waals surface area contributed by atoms with Crippen molar-refractivity contribution in [1.29, 1.82) is 0 Å². The van der Waals surface area contributed by atoms with Crippen LogP contribution in [0.2, 0.25) is 0 Å². The maximum absolute atomic E-state index is 4.72. The van der Waals surface area contributed by atoms with Crippen molar-refractivity contribution in [2.24, 2.45) is 0 Å². The Kier molecular flexibility index (Phi) is 2.82. The van der Waals surface area contributed by atoms with Gasteiger partial charge >= 0.3 is 0 Å². The quantitative estimate of drug-likeness (QED) is 0.770. The molecule has 0 bridgehead atoms. The summed E-state index contributed by atoms with van der Waals surface area (Å²) in [7, 11) is 0. The van der Waals surface area contributed by atoms with Crippen molar-refractivity contribution in [1.82, 2.24) is 20.5 Å². The molecule has 3 rings (SSSR count). The molecule has 1 aromatic heterocycles. The Morgan fingerprint density at radius 2 is 1.88 bits per heavy atom. The van der Waals surface area contributed by atoms with Crippen molar-refractivity contribution in [3.8, 4) is 0 Å². The smallest absolute Gasteiger partial charge is 0.155 e. The second-order valence-electron chi connectivity index (χ2n) is 4.81. The molecular formula is C12H18N4. The first kappa shape index (κ1) is 10.1. The van der Waals surface area contributed by atoms with Crippen LogP contribution >= 0.6 is 0 Å². The molecule has 86 valence electrons. The number of aryl methyl sites for hydroxylation is 2.